The summed E-state index contributed by atoms with van der Waals surface area (Å²) in [5.74, 6) is -0.839. The molecule has 0 aromatic heterocycles. The summed E-state index contributed by atoms with van der Waals surface area (Å²) in [6.45, 7) is 4.25. The number of quaternary nitrogens is 1. The highest BCUT2D eigenvalue weighted by Crippen LogP contribution is 2.43. The number of phosphoric ester groups is 1. The van der Waals surface area contributed by atoms with Crippen molar-refractivity contribution in [2.24, 2.45) is 0 Å². The Hall–Kier alpha value is -2.03. The fourth-order valence-electron chi connectivity index (χ4n) is 6.67. The van der Waals surface area contributed by atoms with Crippen LogP contribution in [0.1, 0.15) is 206 Å². The fraction of sp³-hybridized carbons (Fsp3) is 0.800. The highest BCUT2D eigenvalue weighted by Gasteiger charge is 2.27. The number of hydrogen-bond acceptors (Lipinski definition) is 7. The monoisotopic (exact) mass is 867 g/mol. The van der Waals surface area contributed by atoms with Gasteiger partial charge < -0.3 is 18.9 Å². The number of likely N-dealkylation sites (N-methyl/N-ethyl adjacent to an activating group) is 1. The van der Waals surface area contributed by atoms with Gasteiger partial charge in [-0.15, -0.1) is 0 Å². The maximum Gasteiger partial charge on any atom is 0.472 e. The van der Waals surface area contributed by atoms with E-state index in [0.717, 1.165) is 44.9 Å². The van der Waals surface area contributed by atoms with Crippen molar-refractivity contribution in [3.05, 3.63) is 48.6 Å². The van der Waals surface area contributed by atoms with E-state index in [1.807, 2.05) is 57.6 Å². The number of nitrogens with zero attached hydrogens (tertiary/aromatic N) is 1. The van der Waals surface area contributed by atoms with Crippen LogP contribution in [0.5, 0.6) is 0 Å². The smallest absolute Gasteiger partial charge is 0.462 e. The van der Waals surface area contributed by atoms with E-state index in [0.29, 0.717) is 17.4 Å². The molecule has 0 aliphatic carbocycles. The van der Waals surface area contributed by atoms with Gasteiger partial charge in [-0.2, -0.15) is 0 Å². The lowest BCUT2D eigenvalue weighted by Crippen LogP contribution is -2.37. The molecule has 60 heavy (non-hydrogen) atoms. The van der Waals surface area contributed by atoms with Crippen LogP contribution in [-0.4, -0.2) is 74.9 Å². The third kappa shape index (κ3) is 45.5. The zero-order valence-corrected chi connectivity index (χ0v) is 40.3. The summed E-state index contributed by atoms with van der Waals surface area (Å²) in [5, 5.41) is 0. The minimum absolute atomic E-state index is 0.0233. The van der Waals surface area contributed by atoms with Gasteiger partial charge in [-0.3, -0.25) is 18.6 Å². The molecule has 2 atom stereocenters. The number of allylic oxidation sites excluding steroid dienone is 8. The highest BCUT2D eigenvalue weighted by atomic mass is 31.2. The molecule has 0 spiro atoms. The normalized spacial score (nSPS) is 13.9. The molecule has 0 saturated carbocycles. The predicted molar refractivity (Wildman–Crippen MR) is 252 cm³/mol. The van der Waals surface area contributed by atoms with Crippen molar-refractivity contribution >= 4 is 19.8 Å². The first kappa shape index (κ1) is 58.0. The molecule has 1 N–H and O–H groups in total. The molecule has 0 aliphatic heterocycles. The van der Waals surface area contributed by atoms with Gasteiger partial charge in [-0.1, -0.05) is 210 Å². The summed E-state index contributed by atoms with van der Waals surface area (Å²) < 4.78 is 34.3. The Kier molecular flexibility index (Phi) is 40.8. The zero-order valence-electron chi connectivity index (χ0n) is 39.4. The largest absolute Gasteiger partial charge is 0.472 e. The van der Waals surface area contributed by atoms with E-state index in [4.69, 9.17) is 18.5 Å². The van der Waals surface area contributed by atoms with Gasteiger partial charge in [0.05, 0.1) is 27.7 Å². The molecule has 0 heterocycles. The second-order valence-corrected chi connectivity index (χ2v) is 19.0. The van der Waals surface area contributed by atoms with Gasteiger partial charge in [-0.05, 0) is 32.1 Å². The summed E-state index contributed by atoms with van der Waals surface area (Å²) in [6, 6.07) is 0. The van der Waals surface area contributed by atoms with Crippen LogP contribution in [0.15, 0.2) is 48.6 Å². The van der Waals surface area contributed by atoms with Gasteiger partial charge in [0.1, 0.15) is 19.8 Å². The maximum atomic E-state index is 12.7. The SMILES string of the molecule is CC/C=C/C=C/C=C/C=C/CCCCCC(=O)OC(COC(=O)CCCCCCCCCCCCCCCCCCCCCCCCC)COP(=O)(O)OCC[N+](C)(C)C. The van der Waals surface area contributed by atoms with Crippen molar-refractivity contribution in [3.63, 3.8) is 0 Å². The molecule has 10 heteroatoms. The quantitative estimate of drug-likeness (QED) is 0.0212. The Labute approximate surface area is 369 Å². The van der Waals surface area contributed by atoms with E-state index < -0.39 is 26.5 Å². The first-order valence-electron chi connectivity index (χ1n) is 24.4. The number of carbonyl (C=O) groups is 2. The summed E-state index contributed by atoms with van der Waals surface area (Å²) in [4.78, 5) is 35.4. The third-order valence-electron chi connectivity index (χ3n) is 10.5. The van der Waals surface area contributed by atoms with E-state index in [2.05, 4.69) is 26.0 Å². The van der Waals surface area contributed by atoms with Crippen molar-refractivity contribution in [2.75, 3.05) is 47.5 Å². The van der Waals surface area contributed by atoms with Gasteiger partial charge in [0.2, 0.25) is 0 Å². The Morgan fingerprint density at radius 3 is 1.42 bits per heavy atom. The molecule has 0 aliphatic rings. The van der Waals surface area contributed by atoms with Crippen LogP contribution in [-0.2, 0) is 32.7 Å². The molecule has 0 amide bonds. The van der Waals surface area contributed by atoms with Crippen molar-refractivity contribution in [1.29, 1.82) is 0 Å². The second kappa shape index (κ2) is 42.3. The van der Waals surface area contributed by atoms with Gasteiger partial charge in [-0.25, -0.2) is 4.57 Å². The van der Waals surface area contributed by atoms with Crippen molar-refractivity contribution in [1.82, 2.24) is 0 Å². The lowest BCUT2D eigenvalue weighted by molar-refractivity contribution is -0.870. The number of rotatable bonds is 44. The maximum absolute atomic E-state index is 12.7. The van der Waals surface area contributed by atoms with Gasteiger partial charge in [0.25, 0.3) is 0 Å². The van der Waals surface area contributed by atoms with Crippen LogP contribution >= 0.6 is 7.82 Å². The Morgan fingerprint density at radius 2 is 0.950 bits per heavy atom. The van der Waals surface area contributed by atoms with Crippen LogP contribution in [0.25, 0.3) is 0 Å². The summed E-state index contributed by atoms with van der Waals surface area (Å²) in [5.41, 5.74) is 0. The Balaban J connectivity index is 4.21. The molecule has 350 valence electrons. The Morgan fingerprint density at radius 1 is 0.533 bits per heavy atom. The number of unbranched alkanes of at least 4 members (excludes halogenated alkanes) is 25. The van der Waals surface area contributed by atoms with Crippen molar-refractivity contribution < 1.29 is 42.1 Å². The number of ether oxygens (including phenoxy) is 2. The van der Waals surface area contributed by atoms with E-state index in [1.54, 1.807) is 0 Å². The molecule has 0 aromatic rings. The molecule has 0 rings (SSSR count). The third-order valence-corrected chi connectivity index (χ3v) is 11.5. The fourth-order valence-corrected chi connectivity index (χ4v) is 7.41. The van der Waals surface area contributed by atoms with Gasteiger partial charge >= 0.3 is 19.8 Å². The van der Waals surface area contributed by atoms with Crippen molar-refractivity contribution in [2.45, 2.75) is 213 Å². The van der Waals surface area contributed by atoms with E-state index in [-0.39, 0.29) is 32.0 Å². The molecule has 0 bridgehead atoms. The van der Waals surface area contributed by atoms with Crippen LogP contribution in [0.4, 0.5) is 0 Å². The summed E-state index contributed by atoms with van der Waals surface area (Å²) >= 11 is 0. The molecular formula is C50H93NO8P+. The highest BCUT2D eigenvalue weighted by molar-refractivity contribution is 7.47. The number of hydrogen-bond donors (Lipinski definition) is 1. The number of esters is 2. The average Bonchev–Trinajstić information content (AvgIpc) is 3.20. The standard InChI is InChI=1S/C50H92NO8P/c1-6-8-10-12-14-16-18-20-21-22-23-24-25-26-27-28-29-31-32-34-36-38-40-42-49(52)56-46-48(47-58-60(54,55)57-45-44-51(3,4)5)59-50(53)43-41-39-37-35-33-30-19-17-15-13-11-9-7-2/h9,11,13,15,17,19,30,33,48H,6-8,10,12,14,16,18,20-29,31-32,34-47H2,1-5H3/p+1/b11-9+,15-13+,19-17+,33-30+. The lowest BCUT2D eigenvalue weighted by atomic mass is 10.0. The average molecular weight is 867 g/mol. The van der Waals surface area contributed by atoms with Gasteiger partial charge in [0, 0.05) is 12.8 Å². The molecule has 0 radical (unpaired) electrons. The molecule has 9 nitrogen and oxygen atoms in total. The van der Waals surface area contributed by atoms with Crippen LogP contribution in [0.3, 0.4) is 0 Å². The van der Waals surface area contributed by atoms with Crippen LogP contribution in [0.2, 0.25) is 0 Å². The first-order valence-corrected chi connectivity index (χ1v) is 25.9. The Bertz CT molecular complexity index is 1160. The molecule has 2 unspecified atom stereocenters. The van der Waals surface area contributed by atoms with E-state index in [9.17, 15) is 19.0 Å². The molecule has 0 saturated heterocycles. The van der Waals surface area contributed by atoms with Crippen molar-refractivity contribution in [3.8, 4) is 0 Å². The van der Waals surface area contributed by atoms with Gasteiger partial charge in [0.15, 0.2) is 6.10 Å². The molecular weight excluding hydrogens is 774 g/mol. The van der Waals surface area contributed by atoms with E-state index >= 15 is 0 Å². The summed E-state index contributed by atoms with van der Waals surface area (Å²) in [6.07, 6.45) is 50.4. The minimum atomic E-state index is -4.39. The minimum Gasteiger partial charge on any atom is -0.462 e. The number of phosphoric acid groups is 1. The van der Waals surface area contributed by atoms with Crippen LogP contribution in [0, 0.1) is 0 Å². The number of carbonyl (C=O) groups excluding carboxylic acids is 2. The molecule has 0 fully saturated rings. The summed E-state index contributed by atoms with van der Waals surface area (Å²) in [7, 11) is 1.45. The second-order valence-electron chi connectivity index (χ2n) is 17.6. The lowest BCUT2D eigenvalue weighted by Gasteiger charge is -2.24. The zero-order chi connectivity index (χ0) is 44.3. The first-order chi connectivity index (χ1) is 29.0. The predicted octanol–water partition coefficient (Wildman–Crippen LogP) is 14.2. The van der Waals surface area contributed by atoms with Crippen LogP contribution < -0.4 is 0 Å². The topological polar surface area (TPSA) is 108 Å². The van der Waals surface area contributed by atoms with E-state index in [1.165, 1.54) is 128 Å². The molecule has 0 aromatic carbocycles.